The Balaban J connectivity index is 4.02. The third-order valence-corrected chi connectivity index (χ3v) is 16.0. The molecule has 0 radical (unpaired) electrons. The monoisotopic (exact) mass is 1010 g/mol. The van der Waals surface area contributed by atoms with E-state index in [1.807, 2.05) is 0 Å². The lowest BCUT2D eigenvalue weighted by Crippen LogP contribution is -2.38. The number of hydrogen-bond acceptors (Lipinski definition) is 3. The normalized spacial score (nSPS) is 12.1. The maximum atomic E-state index is 14.2. The molecule has 0 aromatic carbocycles. The molecular weight excluding hydrogens is 879 g/mol. The lowest BCUT2D eigenvalue weighted by Gasteiger charge is -2.27. The number of unbranched alkanes of at least 4 members (excludes halogenated alkanes) is 49. The summed E-state index contributed by atoms with van der Waals surface area (Å²) in [5.41, 5.74) is 0. The zero-order chi connectivity index (χ0) is 52.2. The molecule has 72 heavy (non-hydrogen) atoms. The molecule has 0 fully saturated rings. The van der Waals surface area contributed by atoms with E-state index in [1.54, 1.807) is 0 Å². The number of nitrogens with zero attached hydrogens (tertiary/aromatic N) is 1. The molecule has 0 saturated heterocycles. The van der Waals surface area contributed by atoms with Crippen molar-refractivity contribution in [3.63, 3.8) is 0 Å². The third kappa shape index (κ3) is 54.9. The van der Waals surface area contributed by atoms with E-state index in [4.69, 9.17) is 4.74 Å². The zero-order valence-corrected chi connectivity index (χ0v) is 50.1. The Morgan fingerprint density at radius 3 is 0.931 bits per heavy atom. The lowest BCUT2D eigenvalue weighted by molar-refractivity contribution is -0.149. The minimum Gasteiger partial charge on any atom is -0.466 e. The van der Waals surface area contributed by atoms with Crippen molar-refractivity contribution in [2.75, 3.05) is 19.7 Å². The van der Waals surface area contributed by atoms with E-state index in [2.05, 4.69) is 44.7 Å². The highest BCUT2D eigenvalue weighted by atomic mass is 16.5. The predicted molar refractivity (Wildman–Crippen MR) is 321 cm³/mol. The fraction of sp³-hybridized carbons (Fsp3) is 0.941. The summed E-state index contributed by atoms with van der Waals surface area (Å²) in [6.07, 6.45) is 78.3. The zero-order valence-electron chi connectivity index (χ0n) is 50.1. The second-order valence-corrected chi connectivity index (χ2v) is 23.2. The fourth-order valence-electron chi connectivity index (χ4n) is 11.0. The average molecular weight is 1010 g/mol. The standard InChI is InChI=1S/C68H133NO3/c1-5-9-13-17-21-22-23-24-25-26-27-28-29-30-31-32-33-34-35-36-37-38-39-40-41-42-43-44-45-46-47-48-49-50-51-52-53-57-61-66(65-67(70)72-64-60-56-20-16-12-8-4)68(71)69(62-58-54-18-14-10-6-2)63-59-55-19-15-11-7-3/h9,13,66H,5-8,10-12,14-65H2,1-4H3/b13-9+. The van der Waals surface area contributed by atoms with Gasteiger partial charge in [0, 0.05) is 19.0 Å². The van der Waals surface area contributed by atoms with Gasteiger partial charge >= 0.3 is 5.97 Å². The van der Waals surface area contributed by atoms with E-state index in [-0.39, 0.29) is 24.2 Å². The first-order valence-corrected chi connectivity index (χ1v) is 33.7. The summed E-state index contributed by atoms with van der Waals surface area (Å²) in [5.74, 6) is -0.152. The van der Waals surface area contributed by atoms with Gasteiger partial charge in [-0.2, -0.15) is 0 Å². The van der Waals surface area contributed by atoms with Gasteiger partial charge in [0.15, 0.2) is 0 Å². The summed E-state index contributed by atoms with van der Waals surface area (Å²) in [5, 5.41) is 0. The van der Waals surface area contributed by atoms with Gasteiger partial charge in [-0.25, -0.2) is 0 Å². The van der Waals surface area contributed by atoms with E-state index in [0.29, 0.717) is 6.61 Å². The lowest BCUT2D eigenvalue weighted by atomic mass is 9.95. The van der Waals surface area contributed by atoms with Crippen molar-refractivity contribution in [1.29, 1.82) is 0 Å². The van der Waals surface area contributed by atoms with Gasteiger partial charge in [0.05, 0.1) is 13.0 Å². The fourth-order valence-corrected chi connectivity index (χ4v) is 11.0. The Morgan fingerprint density at radius 2 is 0.611 bits per heavy atom. The Morgan fingerprint density at radius 1 is 0.333 bits per heavy atom. The number of hydrogen-bond donors (Lipinski definition) is 0. The molecule has 0 aliphatic carbocycles. The molecule has 0 saturated carbocycles. The first-order chi connectivity index (χ1) is 35.6. The number of carbonyl (C=O) groups excluding carboxylic acids is 2. The maximum absolute atomic E-state index is 14.2. The van der Waals surface area contributed by atoms with Crippen LogP contribution in [0.25, 0.3) is 0 Å². The van der Waals surface area contributed by atoms with Crippen molar-refractivity contribution < 1.29 is 14.3 Å². The highest BCUT2D eigenvalue weighted by Crippen LogP contribution is 2.23. The van der Waals surface area contributed by atoms with Crippen molar-refractivity contribution in [2.24, 2.45) is 5.92 Å². The Hall–Kier alpha value is -1.32. The molecule has 4 heteroatoms. The molecule has 4 nitrogen and oxygen atoms in total. The average Bonchev–Trinajstić information content (AvgIpc) is 3.38. The molecule has 0 bridgehead atoms. The van der Waals surface area contributed by atoms with Crippen LogP contribution in [0.1, 0.15) is 387 Å². The SMILES string of the molecule is CC/C=C/CCCCCCCCCCCCCCCCCCCCCCCCCCCCCCCCCCCCC(CC(=O)OCCCCCCCC)C(=O)N(CCCCCCCC)CCCCCCCC. The second-order valence-electron chi connectivity index (χ2n) is 23.2. The van der Waals surface area contributed by atoms with Gasteiger partial charge in [-0.3, -0.25) is 9.59 Å². The van der Waals surface area contributed by atoms with Crippen LogP contribution in [0.15, 0.2) is 12.2 Å². The van der Waals surface area contributed by atoms with Crippen LogP contribution in [-0.2, 0) is 14.3 Å². The molecule has 0 spiro atoms. The molecule has 0 aliphatic heterocycles. The summed E-state index contributed by atoms with van der Waals surface area (Å²) in [7, 11) is 0. The summed E-state index contributed by atoms with van der Waals surface area (Å²) < 4.78 is 5.75. The molecule has 0 heterocycles. The van der Waals surface area contributed by atoms with Gasteiger partial charge in [0.1, 0.15) is 0 Å². The first kappa shape index (κ1) is 70.7. The molecule has 0 N–H and O–H groups in total. The largest absolute Gasteiger partial charge is 0.466 e. The smallest absolute Gasteiger partial charge is 0.306 e. The summed E-state index contributed by atoms with van der Waals surface area (Å²) in [4.78, 5) is 29.5. The molecule has 1 amide bonds. The Bertz CT molecular complexity index is 1060. The molecule has 0 aromatic heterocycles. The minimum atomic E-state index is -0.227. The van der Waals surface area contributed by atoms with Crippen LogP contribution in [0.5, 0.6) is 0 Å². The van der Waals surface area contributed by atoms with Crippen LogP contribution in [0, 0.1) is 5.92 Å². The van der Waals surface area contributed by atoms with E-state index < -0.39 is 0 Å². The van der Waals surface area contributed by atoms with Gasteiger partial charge in [-0.1, -0.05) is 348 Å². The number of amides is 1. The third-order valence-electron chi connectivity index (χ3n) is 16.0. The van der Waals surface area contributed by atoms with E-state index in [1.165, 1.54) is 315 Å². The molecule has 1 atom stereocenters. The Labute approximate surface area is 454 Å². The topological polar surface area (TPSA) is 46.6 Å². The van der Waals surface area contributed by atoms with E-state index >= 15 is 0 Å². The molecule has 0 aliphatic rings. The molecule has 0 aromatic rings. The molecule has 428 valence electrons. The van der Waals surface area contributed by atoms with Crippen LogP contribution >= 0.6 is 0 Å². The van der Waals surface area contributed by atoms with Crippen molar-refractivity contribution in [3.05, 3.63) is 12.2 Å². The summed E-state index contributed by atoms with van der Waals surface area (Å²) >= 11 is 0. The van der Waals surface area contributed by atoms with Crippen LogP contribution < -0.4 is 0 Å². The van der Waals surface area contributed by atoms with Crippen molar-refractivity contribution >= 4 is 11.9 Å². The van der Waals surface area contributed by atoms with Gasteiger partial charge in [-0.15, -0.1) is 0 Å². The van der Waals surface area contributed by atoms with Crippen LogP contribution in [0.4, 0.5) is 0 Å². The van der Waals surface area contributed by atoms with Crippen LogP contribution in [0.3, 0.4) is 0 Å². The van der Waals surface area contributed by atoms with Gasteiger partial charge in [-0.05, 0) is 44.9 Å². The number of ether oxygens (including phenoxy) is 1. The van der Waals surface area contributed by atoms with Gasteiger partial charge in [0.25, 0.3) is 0 Å². The number of esters is 1. The van der Waals surface area contributed by atoms with Crippen molar-refractivity contribution in [1.82, 2.24) is 4.90 Å². The van der Waals surface area contributed by atoms with Gasteiger partial charge < -0.3 is 9.64 Å². The van der Waals surface area contributed by atoms with Crippen molar-refractivity contribution in [2.45, 2.75) is 387 Å². The minimum absolute atomic E-state index is 0.156. The number of carbonyl (C=O) groups is 2. The van der Waals surface area contributed by atoms with Gasteiger partial charge in [0.2, 0.25) is 5.91 Å². The highest BCUT2D eigenvalue weighted by Gasteiger charge is 2.27. The maximum Gasteiger partial charge on any atom is 0.306 e. The first-order valence-electron chi connectivity index (χ1n) is 33.7. The summed E-state index contributed by atoms with van der Waals surface area (Å²) in [6.45, 7) is 11.2. The molecular formula is C68H133NO3. The number of rotatable bonds is 62. The van der Waals surface area contributed by atoms with Crippen LogP contribution in [-0.4, -0.2) is 36.5 Å². The molecule has 0 rings (SSSR count). The molecule has 1 unspecified atom stereocenters. The number of allylic oxidation sites excluding steroid dienone is 2. The predicted octanol–water partition coefficient (Wildman–Crippen LogP) is 23.5. The highest BCUT2D eigenvalue weighted by molar-refractivity contribution is 5.83. The Kier molecular flexibility index (Phi) is 61.1. The van der Waals surface area contributed by atoms with Crippen LogP contribution in [0.2, 0.25) is 0 Å². The summed E-state index contributed by atoms with van der Waals surface area (Å²) in [6, 6.07) is 0. The van der Waals surface area contributed by atoms with E-state index in [0.717, 1.165) is 51.6 Å². The second kappa shape index (κ2) is 62.2. The van der Waals surface area contributed by atoms with E-state index in [9.17, 15) is 9.59 Å². The quantitative estimate of drug-likeness (QED) is 0.0346. The van der Waals surface area contributed by atoms with Crippen molar-refractivity contribution in [3.8, 4) is 0 Å².